The van der Waals surface area contributed by atoms with Crippen molar-refractivity contribution in [2.75, 3.05) is 44.7 Å². The molecule has 0 aromatic heterocycles. The number of hydrogen-bond acceptors (Lipinski definition) is 9. The largest absolute Gasteiger partial charge is 0.444 e. The number of nitrogens with zero attached hydrogens (tertiary/aromatic N) is 6. The van der Waals surface area contributed by atoms with Crippen molar-refractivity contribution < 1.29 is 33.4 Å². The molecule has 1 aliphatic carbocycles. The molecule has 2 N–H and O–H groups in total. The van der Waals surface area contributed by atoms with Gasteiger partial charge in [-0.05, 0) is 83.6 Å². The Kier molecular flexibility index (Phi) is 9.85. The van der Waals surface area contributed by atoms with Gasteiger partial charge in [0.25, 0.3) is 5.91 Å². The molecule has 0 bridgehead atoms. The summed E-state index contributed by atoms with van der Waals surface area (Å²) < 4.78 is 11.6. The van der Waals surface area contributed by atoms with E-state index >= 15 is 0 Å². The number of fused-ring (bicyclic) bond motifs is 1. The third-order valence-corrected chi connectivity index (χ3v) is 8.89. The van der Waals surface area contributed by atoms with Crippen LogP contribution in [-0.2, 0) is 30.4 Å². The van der Waals surface area contributed by atoms with Crippen molar-refractivity contribution in [1.29, 1.82) is 0 Å². The first-order chi connectivity index (χ1) is 21.9. The highest BCUT2D eigenvalue weighted by Gasteiger charge is 2.57. The van der Waals surface area contributed by atoms with E-state index in [-0.39, 0.29) is 56.3 Å². The van der Waals surface area contributed by atoms with Gasteiger partial charge in [-0.15, -0.1) is 0 Å². The maximum absolute atomic E-state index is 13.9. The van der Waals surface area contributed by atoms with Gasteiger partial charge in [-0.3, -0.25) is 29.4 Å². The van der Waals surface area contributed by atoms with E-state index in [1.54, 1.807) is 39.0 Å². The minimum atomic E-state index is -1.14. The SMILES string of the molecule is CC(C)(C)OC(=O)N(CCOCCN1CCC(N=[N+]=[N-])CC1)C1(C(=O)Nc2cccc3c2CN(C2CCC(=O)NC2=O)C3=O)CC1. The van der Waals surface area contributed by atoms with Crippen LogP contribution in [0.25, 0.3) is 10.4 Å². The van der Waals surface area contributed by atoms with Gasteiger partial charge in [-0.1, -0.05) is 11.2 Å². The third kappa shape index (κ3) is 7.43. The van der Waals surface area contributed by atoms with Crippen LogP contribution in [-0.4, -0.2) is 107 Å². The zero-order chi connectivity index (χ0) is 33.1. The van der Waals surface area contributed by atoms with E-state index in [9.17, 15) is 24.0 Å². The maximum Gasteiger partial charge on any atom is 0.411 e. The summed E-state index contributed by atoms with van der Waals surface area (Å²) in [5.41, 5.74) is 8.13. The Morgan fingerprint density at radius 1 is 1.15 bits per heavy atom. The quantitative estimate of drug-likeness (QED) is 0.122. The third-order valence-electron chi connectivity index (χ3n) is 8.89. The first-order valence-corrected chi connectivity index (χ1v) is 15.8. The first kappa shape index (κ1) is 33.2. The molecule has 0 radical (unpaired) electrons. The molecule has 1 aromatic carbocycles. The first-order valence-electron chi connectivity index (χ1n) is 15.8. The number of anilines is 1. The molecule has 1 aromatic rings. The van der Waals surface area contributed by atoms with Crippen molar-refractivity contribution in [3.63, 3.8) is 0 Å². The van der Waals surface area contributed by atoms with Gasteiger partial charge in [0.1, 0.15) is 17.2 Å². The molecule has 5 amide bonds. The molecule has 4 aliphatic rings. The van der Waals surface area contributed by atoms with Gasteiger partial charge in [0.05, 0.1) is 13.2 Å². The van der Waals surface area contributed by atoms with Crippen LogP contribution in [0.5, 0.6) is 0 Å². The maximum atomic E-state index is 13.9. The Labute approximate surface area is 267 Å². The summed E-state index contributed by atoms with van der Waals surface area (Å²) in [5.74, 6) is -1.60. The van der Waals surface area contributed by atoms with E-state index in [4.69, 9.17) is 15.0 Å². The zero-order valence-electron chi connectivity index (χ0n) is 26.6. The average Bonchev–Trinajstić information content (AvgIpc) is 3.73. The van der Waals surface area contributed by atoms with Crippen molar-refractivity contribution in [2.24, 2.45) is 5.11 Å². The minimum Gasteiger partial charge on any atom is -0.444 e. The number of nitrogens with one attached hydrogen (secondary N) is 2. The Morgan fingerprint density at radius 3 is 2.54 bits per heavy atom. The zero-order valence-corrected chi connectivity index (χ0v) is 26.6. The Bertz CT molecular complexity index is 1420. The number of imide groups is 1. The second-order valence-corrected chi connectivity index (χ2v) is 13.2. The molecular weight excluding hydrogens is 596 g/mol. The van der Waals surface area contributed by atoms with Crippen molar-refractivity contribution in [1.82, 2.24) is 20.0 Å². The summed E-state index contributed by atoms with van der Waals surface area (Å²) in [6.07, 6.45) is 2.26. The number of hydrogen-bond donors (Lipinski definition) is 2. The summed E-state index contributed by atoms with van der Waals surface area (Å²) in [4.78, 5) is 72.7. The molecule has 3 fully saturated rings. The number of carbonyl (C=O) groups is 5. The van der Waals surface area contributed by atoms with Crippen molar-refractivity contribution >= 4 is 35.4 Å². The van der Waals surface area contributed by atoms with Gasteiger partial charge in [-0.25, -0.2) is 4.79 Å². The molecule has 3 aliphatic heterocycles. The number of rotatable bonds is 11. The predicted octanol–water partition coefficient (Wildman–Crippen LogP) is 2.95. The summed E-state index contributed by atoms with van der Waals surface area (Å²) >= 11 is 0. The number of carbonyl (C=O) groups excluding carboxylic acids is 5. The van der Waals surface area contributed by atoms with Crippen molar-refractivity contribution in [3.05, 3.63) is 39.8 Å². The van der Waals surface area contributed by atoms with Gasteiger partial charge in [0.15, 0.2) is 0 Å². The lowest BCUT2D eigenvalue weighted by atomic mass is 10.0. The molecular formula is C31H42N8O7. The van der Waals surface area contributed by atoms with Gasteiger partial charge in [0, 0.05) is 53.8 Å². The topological polar surface area (TPSA) is 186 Å². The second-order valence-electron chi connectivity index (χ2n) is 13.2. The minimum absolute atomic E-state index is 0.0344. The fraction of sp³-hybridized carbons (Fsp3) is 0.645. The molecule has 2 saturated heterocycles. The van der Waals surface area contributed by atoms with Crippen LogP contribution < -0.4 is 10.6 Å². The number of azide groups is 1. The molecule has 1 saturated carbocycles. The highest BCUT2D eigenvalue weighted by molar-refractivity contribution is 6.08. The fourth-order valence-electron chi connectivity index (χ4n) is 6.26. The van der Waals surface area contributed by atoms with E-state index < -0.39 is 29.2 Å². The second kappa shape index (κ2) is 13.7. The number of amides is 5. The molecule has 1 atom stereocenters. The van der Waals surface area contributed by atoms with Gasteiger partial charge < -0.3 is 24.6 Å². The summed E-state index contributed by atoms with van der Waals surface area (Å²) in [5, 5.41) is 9.07. The van der Waals surface area contributed by atoms with Gasteiger partial charge >= 0.3 is 6.09 Å². The van der Waals surface area contributed by atoms with Crippen LogP contribution >= 0.6 is 0 Å². The average molecular weight is 639 g/mol. The molecule has 248 valence electrons. The Hall–Kier alpha value is -4.20. The van der Waals surface area contributed by atoms with Crippen molar-refractivity contribution in [2.45, 2.75) is 89.1 Å². The predicted molar refractivity (Wildman–Crippen MR) is 165 cm³/mol. The number of benzene rings is 1. The number of ether oxygens (including phenoxy) is 2. The smallest absolute Gasteiger partial charge is 0.411 e. The van der Waals surface area contributed by atoms with E-state index in [2.05, 4.69) is 25.6 Å². The Balaban J connectivity index is 1.22. The van der Waals surface area contributed by atoms with E-state index in [1.807, 2.05) is 0 Å². The lowest BCUT2D eigenvalue weighted by molar-refractivity contribution is -0.137. The fourth-order valence-corrected chi connectivity index (χ4v) is 6.26. The van der Waals surface area contributed by atoms with Crippen LogP contribution in [0.2, 0.25) is 0 Å². The van der Waals surface area contributed by atoms with Crippen molar-refractivity contribution in [3.8, 4) is 0 Å². The highest BCUT2D eigenvalue weighted by atomic mass is 16.6. The standard InChI is InChI=1S/C31H42N8O7/c1-30(2,3)46-29(44)39(16-18-45-17-15-37-13-9-20(10-14-37)35-36-32)31(11-12-31)28(43)33-23-6-4-5-21-22(23)19-38(27(21)42)24-7-8-25(40)34-26(24)41/h4-6,20,24H,7-19H2,1-3H3,(H,33,43)(H,34,40,41). The van der Waals surface area contributed by atoms with Crippen LogP contribution in [0.4, 0.5) is 10.5 Å². The van der Waals surface area contributed by atoms with Gasteiger partial charge in [0.2, 0.25) is 17.7 Å². The molecule has 3 heterocycles. The molecule has 15 heteroatoms. The van der Waals surface area contributed by atoms with E-state index in [1.165, 1.54) is 9.80 Å². The number of piperidine rings is 2. The summed E-state index contributed by atoms with van der Waals surface area (Å²) in [6, 6.07) is 4.28. The molecule has 46 heavy (non-hydrogen) atoms. The monoisotopic (exact) mass is 638 g/mol. The Morgan fingerprint density at radius 2 is 1.89 bits per heavy atom. The lowest BCUT2D eigenvalue weighted by Gasteiger charge is -2.33. The molecule has 15 nitrogen and oxygen atoms in total. The molecule has 1 unspecified atom stereocenters. The van der Waals surface area contributed by atoms with Crippen LogP contribution in [0, 0.1) is 0 Å². The molecule has 0 spiro atoms. The van der Waals surface area contributed by atoms with Crippen LogP contribution in [0.3, 0.4) is 0 Å². The highest BCUT2D eigenvalue weighted by Crippen LogP contribution is 2.44. The molecule has 5 rings (SSSR count). The van der Waals surface area contributed by atoms with E-state index in [0.717, 1.165) is 25.9 Å². The summed E-state index contributed by atoms with van der Waals surface area (Å²) in [7, 11) is 0. The van der Waals surface area contributed by atoms with Crippen LogP contribution in [0.15, 0.2) is 23.3 Å². The van der Waals surface area contributed by atoms with Gasteiger partial charge in [-0.2, -0.15) is 0 Å². The lowest BCUT2D eigenvalue weighted by Crippen LogP contribution is -2.52. The van der Waals surface area contributed by atoms with Crippen LogP contribution in [0.1, 0.15) is 75.2 Å². The number of likely N-dealkylation sites (tertiary alicyclic amines) is 1. The normalized spacial score (nSPS) is 21.2. The summed E-state index contributed by atoms with van der Waals surface area (Å²) in [6.45, 7) is 8.55. The van der Waals surface area contributed by atoms with E-state index in [0.29, 0.717) is 42.8 Å².